The lowest BCUT2D eigenvalue weighted by molar-refractivity contribution is -0.143. The van der Waals surface area contributed by atoms with Gasteiger partial charge in [-0.15, -0.1) is 11.3 Å². The summed E-state index contributed by atoms with van der Waals surface area (Å²) < 4.78 is 0. The summed E-state index contributed by atoms with van der Waals surface area (Å²) in [6.45, 7) is 0.463. The molecule has 0 unspecified atom stereocenters. The summed E-state index contributed by atoms with van der Waals surface area (Å²) in [4.78, 5) is 38.1. The maximum atomic E-state index is 12.6. The summed E-state index contributed by atoms with van der Waals surface area (Å²) in [5, 5.41) is 9.81. The molecule has 0 saturated carbocycles. The first-order chi connectivity index (χ1) is 10.7. The van der Waals surface area contributed by atoms with Crippen LogP contribution in [0.2, 0.25) is 0 Å². The van der Waals surface area contributed by atoms with E-state index in [9.17, 15) is 14.7 Å². The van der Waals surface area contributed by atoms with E-state index in [1.54, 1.807) is 18.5 Å². The Morgan fingerprint density at radius 2 is 2.00 bits per heavy atom. The molecule has 0 spiro atoms. The van der Waals surface area contributed by atoms with Crippen LogP contribution in [0.15, 0.2) is 24.7 Å². The van der Waals surface area contributed by atoms with Crippen molar-refractivity contribution < 1.29 is 14.7 Å². The van der Waals surface area contributed by atoms with Crippen molar-refractivity contribution in [2.45, 2.75) is 25.3 Å². The van der Waals surface area contributed by atoms with Gasteiger partial charge in [0, 0.05) is 18.9 Å². The zero-order valence-corrected chi connectivity index (χ0v) is 12.5. The molecule has 2 aromatic heterocycles. The van der Waals surface area contributed by atoms with E-state index in [4.69, 9.17) is 0 Å². The molecule has 3 heterocycles. The third-order valence-electron chi connectivity index (χ3n) is 3.52. The van der Waals surface area contributed by atoms with Gasteiger partial charge in [-0.25, -0.2) is 19.7 Å². The van der Waals surface area contributed by atoms with Gasteiger partial charge in [-0.1, -0.05) is 0 Å². The van der Waals surface area contributed by atoms with Gasteiger partial charge in [0.25, 0.3) is 5.91 Å². The molecule has 1 atom stereocenters. The number of hydrogen-bond donors (Lipinski definition) is 1. The van der Waals surface area contributed by atoms with Crippen LogP contribution in [0.1, 0.15) is 28.9 Å². The first-order valence-corrected chi connectivity index (χ1v) is 7.75. The molecule has 22 heavy (non-hydrogen) atoms. The van der Waals surface area contributed by atoms with Gasteiger partial charge in [-0.05, 0) is 25.3 Å². The maximum Gasteiger partial charge on any atom is 0.326 e. The molecular formula is C14H14N4O3S. The number of carboxylic acid groups (broad SMARTS) is 1. The number of nitrogens with zero attached hydrogens (tertiary/aromatic N) is 4. The summed E-state index contributed by atoms with van der Waals surface area (Å²) in [6, 6.07) is 0.953. The molecule has 1 aliphatic rings. The Labute approximate surface area is 130 Å². The quantitative estimate of drug-likeness (QED) is 0.925. The van der Waals surface area contributed by atoms with E-state index in [-0.39, 0.29) is 5.91 Å². The van der Waals surface area contributed by atoms with Gasteiger partial charge in [0.1, 0.15) is 10.9 Å². The first kappa shape index (κ1) is 14.6. The predicted octanol–water partition coefficient (Wildman–Crippen LogP) is 1.68. The Kier molecular flexibility index (Phi) is 4.10. The average molecular weight is 318 g/mol. The highest BCUT2D eigenvalue weighted by Crippen LogP contribution is 2.26. The van der Waals surface area contributed by atoms with E-state index < -0.39 is 12.0 Å². The molecular weight excluding hydrogens is 304 g/mol. The van der Waals surface area contributed by atoms with Crippen molar-refractivity contribution in [3.05, 3.63) is 29.5 Å². The van der Waals surface area contributed by atoms with Crippen LogP contribution in [0.3, 0.4) is 0 Å². The van der Waals surface area contributed by atoms with Crippen molar-refractivity contribution in [2.75, 3.05) is 6.54 Å². The minimum absolute atomic E-state index is 0.285. The summed E-state index contributed by atoms with van der Waals surface area (Å²) in [5.41, 5.74) is 0. The fraction of sp³-hybridized carbons (Fsp3) is 0.357. The smallest absolute Gasteiger partial charge is 0.326 e. The first-order valence-electron chi connectivity index (χ1n) is 6.94. The topological polar surface area (TPSA) is 96.3 Å². The monoisotopic (exact) mass is 318 g/mol. The molecule has 1 fully saturated rings. The maximum absolute atomic E-state index is 12.6. The van der Waals surface area contributed by atoms with Crippen molar-refractivity contribution in [3.8, 4) is 10.8 Å². The number of hydrogen-bond acceptors (Lipinski definition) is 6. The molecule has 0 aromatic carbocycles. The lowest BCUT2D eigenvalue weighted by Crippen LogP contribution is -2.47. The SMILES string of the molecule is O=C(O)[C@H]1CCCCN1C(=O)c1cnc(-c2ncccn2)s1. The van der Waals surface area contributed by atoms with Crippen LogP contribution in [-0.4, -0.2) is 49.4 Å². The molecule has 2 aromatic rings. The Morgan fingerprint density at radius 3 is 2.73 bits per heavy atom. The molecule has 7 nitrogen and oxygen atoms in total. The van der Waals surface area contributed by atoms with Crippen LogP contribution < -0.4 is 0 Å². The molecule has 1 aliphatic heterocycles. The van der Waals surface area contributed by atoms with Gasteiger partial charge in [0.05, 0.1) is 6.20 Å². The van der Waals surface area contributed by atoms with Crippen LogP contribution in [-0.2, 0) is 4.79 Å². The second-order valence-corrected chi connectivity index (χ2v) is 5.98. The fourth-order valence-electron chi connectivity index (χ4n) is 2.46. The summed E-state index contributed by atoms with van der Waals surface area (Å²) in [7, 11) is 0. The number of aromatic nitrogens is 3. The highest BCUT2D eigenvalue weighted by atomic mass is 32.1. The average Bonchev–Trinajstić information content (AvgIpc) is 3.05. The Morgan fingerprint density at radius 1 is 1.23 bits per heavy atom. The fourth-order valence-corrected chi connectivity index (χ4v) is 3.28. The molecule has 1 saturated heterocycles. The molecule has 0 bridgehead atoms. The summed E-state index contributed by atoms with van der Waals surface area (Å²) >= 11 is 1.18. The van der Waals surface area contributed by atoms with Crippen LogP contribution in [0.5, 0.6) is 0 Å². The van der Waals surface area contributed by atoms with Crippen LogP contribution in [0, 0.1) is 0 Å². The molecule has 3 rings (SSSR count). The molecule has 0 radical (unpaired) electrons. The molecule has 1 amide bonds. The van der Waals surface area contributed by atoms with Gasteiger partial charge in [-0.3, -0.25) is 4.79 Å². The second kappa shape index (κ2) is 6.18. The van der Waals surface area contributed by atoms with E-state index >= 15 is 0 Å². The number of carbonyl (C=O) groups is 2. The van der Waals surface area contributed by atoms with Gasteiger partial charge >= 0.3 is 5.97 Å². The Bertz CT molecular complexity index is 688. The van der Waals surface area contributed by atoms with Crippen LogP contribution in [0.4, 0.5) is 0 Å². The summed E-state index contributed by atoms with van der Waals surface area (Å²) in [5.74, 6) is -0.782. The van der Waals surface area contributed by atoms with Crippen molar-refractivity contribution in [2.24, 2.45) is 0 Å². The number of likely N-dealkylation sites (tertiary alicyclic amines) is 1. The van der Waals surface area contributed by atoms with Gasteiger partial charge in [-0.2, -0.15) is 0 Å². The standard InChI is InChI=1S/C14H14N4O3S/c19-13(18-7-2-1-4-9(18)14(20)21)10-8-17-12(22-10)11-15-5-3-6-16-11/h3,5-6,8-9H,1-2,4,7H2,(H,20,21)/t9-/m1/s1. The predicted molar refractivity (Wildman–Crippen MR) is 79.5 cm³/mol. The highest BCUT2D eigenvalue weighted by Gasteiger charge is 2.33. The number of amides is 1. The second-order valence-electron chi connectivity index (χ2n) is 4.95. The van der Waals surface area contributed by atoms with Crippen molar-refractivity contribution in [3.63, 3.8) is 0 Å². The molecule has 0 aliphatic carbocycles. The third-order valence-corrected chi connectivity index (χ3v) is 4.50. The molecule has 114 valence electrons. The Hall–Kier alpha value is -2.35. The van der Waals surface area contributed by atoms with Crippen molar-refractivity contribution in [1.29, 1.82) is 0 Å². The minimum Gasteiger partial charge on any atom is -0.480 e. The van der Waals surface area contributed by atoms with Crippen LogP contribution >= 0.6 is 11.3 Å². The van der Waals surface area contributed by atoms with Gasteiger partial charge in [0.15, 0.2) is 10.8 Å². The molecule has 8 heteroatoms. The number of aliphatic carboxylic acids is 1. The number of carbonyl (C=O) groups excluding carboxylic acids is 1. The highest BCUT2D eigenvalue weighted by molar-refractivity contribution is 7.16. The van der Waals surface area contributed by atoms with Crippen molar-refractivity contribution >= 4 is 23.2 Å². The van der Waals surface area contributed by atoms with E-state index in [1.807, 2.05) is 0 Å². The lowest BCUT2D eigenvalue weighted by Gasteiger charge is -2.32. The van der Waals surface area contributed by atoms with Crippen molar-refractivity contribution in [1.82, 2.24) is 19.9 Å². The lowest BCUT2D eigenvalue weighted by atomic mass is 10.0. The van der Waals surface area contributed by atoms with E-state index in [2.05, 4.69) is 15.0 Å². The van der Waals surface area contributed by atoms with E-state index in [0.29, 0.717) is 28.7 Å². The van der Waals surface area contributed by atoms with Gasteiger partial charge < -0.3 is 10.0 Å². The van der Waals surface area contributed by atoms with Crippen LogP contribution in [0.25, 0.3) is 10.8 Å². The van der Waals surface area contributed by atoms with Gasteiger partial charge in [0.2, 0.25) is 0 Å². The zero-order chi connectivity index (χ0) is 15.5. The Balaban J connectivity index is 1.83. The number of rotatable bonds is 3. The number of piperidine rings is 1. The zero-order valence-electron chi connectivity index (χ0n) is 11.7. The normalized spacial score (nSPS) is 18.2. The number of thiazole rings is 1. The molecule has 1 N–H and O–H groups in total. The third kappa shape index (κ3) is 2.82. The minimum atomic E-state index is -0.954. The van der Waals surface area contributed by atoms with E-state index in [1.165, 1.54) is 22.4 Å². The van der Waals surface area contributed by atoms with E-state index in [0.717, 1.165) is 12.8 Å². The number of carboxylic acids is 1. The summed E-state index contributed by atoms with van der Waals surface area (Å²) in [6.07, 6.45) is 6.82. The largest absolute Gasteiger partial charge is 0.480 e.